The molecule has 1 aromatic heterocycles. The second-order valence-corrected chi connectivity index (χ2v) is 10.4. The van der Waals surface area contributed by atoms with Gasteiger partial charge in [0, 0.05) is 36.3 Å². The lowest BCUT2D eigenvalue weighted by atomic mass is 10.0. The normalized spacial score (nSPS) is 17.9. The van der Waals surface area contributed by atoms with Crippen LogP contribution in [0.3, 0.4) is 0 Å². The zero-order valence-electron chi connectivity index (χ0n) is 18.1. The molecule has 5 rings (SSSR count). The molecule has 0 aliphatic carbocycles. The molecule has 1 fully saturated rings. The van der Waals surface area contributed by atoms with E-state index in [1.807, 2.05) is 44.2 Å². The highest BCUT2D eigenvalue weighted by atomic mass is 32.2. The molecule has 0 spiro atoms. The van der Waals surface area contributed by atoms with Gasteiger partial charge < -0.3 is 4.74 Å². The van der Waals surface area contributed by atoms with Crippen molar-refractivity contribution in [3.8, 4) is 0 Å². The number of sulfonamides is 1. The Morgan fingerprint density at radius 3 is 2.59 bits per heavy atom. The molecule has 32 heavy (non-hydrogen) atoms. The molecule has 0 N–H and O–H groups in total. The first-order valence-electron chi connectivity index (χ1n) is 10.8. The summed E-state index contributed by atoms with van der Waals surface area (Å²) in [7, 11) is -3.70. The molecule has 7 nitrogen and oxygen atoms in total. The van der Waals surface area contributed by atoms with Crippen LogP contribution in [0.2, 0.25) is 0 Å². The van der Waals surface area contributed by atoms with E-state index in [1.165, 1.54) is 4.31 Å². The van der Waals surface area contributed by atoms with Crippen LogP contribution in [0.15, 0.2) is 53.6 Å². The van der Waals surface area contributed by atoms with Crippen LogP contribution >= 0.6 is 0 Å². The van der Waals surface area contributed by atoms with E-state index in [0.717, 1.165) is 27.8 Å². The van der Waals surface area contributed by atoms with Gasteiger partial charge in [-0.25, -0.2) is 13.2 Å². The molecule has 0 bridgehead atoms. The highest BCUT2D eigenvalue weighted by Crippen LogP contribution is 2.34. The molecule has 0 atom stereocenters. The smallest absolute Gasteiger partial charge is 0.414 e. The van der Waals surface area contributed by atoms with E-state index in [-0.39, 0.29) is 23.6 Å². The van der Waals surface area contributed by atoms with Gasteiger partial charge in [-0.05, 0) is 50.5 Å². The van der Waals surface area contributed by atoms with Crippen LogP contribution in [0, 0.1) is 13.8 Å². The Bertz CT molecular complexity index is 1310. The molecule has 2 aliphatic heterocycles. The van der Waals surface area contributed by atoms with Crippen molar-refractivity contribution in [1.29, 1.82) is 0 Å². The van der Waals surface area contributed by atoms with Crippen molar-refractivity contribution in [1.82, 2.24) is 9.29 Å². The third kappa shape index (κ3) is 3.53. The number of carbonyl (C=O) groups excluding carboxylic acids is 1. The number of cyclic esters (lactones) is 1. The number of ether oxygens (including phenoxy) is 1. The monoisotopic (exact) mass is 451 g/mol. The van der Waals surface area contributed by atoms with Gasteiger partial charge in [0.2, 0.25) is 10.0 Å². The number of para-hydroxylation sites is 1. The zero-order valence-corrected chi connectivity index (χ0v) is 18.9. The summed E-state index contributed by atoms with van der Waals surface area (Å²) in [5, 5.41) is 0.809. The number of amides is 1. The van der Waals surface area contributed by atoms with Crippen LogP contribution in [-0.4, -0.2) is 42.9 Å². The molecule has 1 saturated heterocycles. The van der Waals surface area contributed by atoms with Crippen LogP contribution in [-0.2, 0) is 21.4 Å². The third-order valence-electron chi connectivity index (χ3n) is 6.26. The summed E-state index contributed by atoms with van der Waals surface area (Å²) in [5.41, 5.74) is 4.43. The summed E-state index contributed by atoms with van der Waals surface area (Å²) in [6.45, 7) is 4.88. The highest BCUT2D eigenvalue weighted by molar-refractivity contribution is 7.89. The fourth-order valence-electron chi connectivity index (χ4n) is 4.65. The molecular formula is C24H25N3O4S. The maximum atomic E-state index is 13.4. The number of nitrogens with zero attached hydrogens (tertiary/aromatic N) is 3. The number of benzene rings is 2. The first-order chi connectivity index (χ1) is 15.3. The second kappa shape index (κ2) is 7.86. The maximum Gasteiger partial charge on any atom is 0.414 e. The summed E-state index contributed by atoms with van der Waals surface area (Å²) >= 11 is 0. The molecule has 1 amide bonds. The quantitative estimate of drug-likeness (QED) is 0.597. The highest BCUT2D eigenvalue weighted by Gasteiger charge is 2.37. The average molecular weight is 452 g/mol. The number of piperidine rings is 1. The van der Waals surface area contributed by atoms with Gasteiger partial charge in [-0.15, -0.1) is 0 Å². The summed E-state index contributed by atoms with van der Waals surface area (Å²) in [4.78, 5) is 18.9. The van der Waals surface area contributed by atoms with Crippen LogP contribution < -0.4 is 4.90 Å². The number of rotatable bonds is 3. The van der Waals surface area contributed by atoms with Crippen molar-refractivity contribution < 1.29 is 17.9 Å². The van der Waals surface area contributed by atoms with Gasteiger partial charge >= 0.3 is 6.09 Å². The number of carbonyl (C=O) groups is 1. The Morgan fingerprint density at radius 1 is 1.03 bits per heavy atom. The van der Waals surface area contributed by atoms with Crippen molar-refractivity contribution in [2.45, 2.75) is 44.2 Å². The first-order valence-corrected chi connectivity index (χ1v) is 12.2. The number of aromatic nitrogens is 1. The predicted octanol–water partition coefficient (Wildman–Crippen LogP) is 4.16. The molecule has 2 aromatic carbocycles. The van der Waals surface area contributed by atoms with Gasteiger partial charge in [0.05, 0.1) is 11.2 Å². The van der Waals surface area contributed by atoms with Crippen LogP contribution in [0.1, 0.15) is 29.5 Å². The largest absolute Gasteiger partial charge is 0.444 e. The van der Waals surface area contributed by atoms with Gasteiger partial charge in [-0.3, -0.25) is 9.88 Å². The Balaban J connectivity index is 1.39. The van der Waals surface area contributed by atoms with Crippen molar-refractivity contribution in [3.63, 3.8) is 0 Å². The fourth-order valence-corrected chi connectivity index (χ4v) is 6.28. The Hall–Kier alpha value is -2.97. The molecule has 0 saturated carbocycles. The first kappa shape index (κ1) is 20.9. The van der Waals surface area contributed by atoms with E-state index >= 15 is 0 Å². The van der Waals surface area contributed by atoms with Crippen molar-refractivity contribution in [3.05, 3.63) is 65.4 Å². The SMILES string of the molecule is Cc1ccc2c(c1)COC(=O)N2C1CCN(S(=O)(=O)c2cccc3cc(C)cnc23)CC1. The van der Waals surface area contributed by atoms with Gasteiger partial charge in [-0.1, -0.05) is 29.8 Å². The summed E-state index contributed by atoms with van der Waals surface area (Å²) in [5.74, 6) is 0. The lowest BCUT2D eigenvalue weighted by Gasteiger charge is -2.39. The minimum Gasteiger partial charge on any atom is -0.444 e. The summed E-state index contributed by atoms with van der Waals surface area (Å²) in [6, 6.07) is 13.1. The summed E-state index contributed by atoms with van der Waals surface area (Å²) in [6.07, 6.45) is 2.41. The van der Waals surface area contributed by atoms with Crippen LogP contribution in [0.5, 0.6) is 0 Å². The lowest BCUT2D eigenvalue weighted by Crippen LogP contribution is -2.50. The van der Waals surface area contributed by atoms with Crippen LogP contribution in [0.25, 0.3) is 10.9 Å². The van der Waals surface area contributed by atoms with Gasteiger partial charge in [0.25, 0.3) is 0 Å². The maximum absolute atomic E-state index is 13.4. The minimum atomic E-state index is -3.70. The van der Waals surface area contributed by atoms with Crippen molar-refractivity contribution >= 4 is 32.7 Å². The van der Waals surface area contributed by atoms with Gasteiger partial charge in [0.1, 0.15) is 11.5 Å². The van der Waals surface area contributed by atoms with E-state index in [0.29, 0.717) is 31.4 Å². The van der Waals surface area contributed by atoms with Crippen LogP contribution in [0.4, 0.5) is 10.5 Å². The molecular weight excluding hydrogens is 426 g/mol. The van der Waals surface area contributed by atoms with E-state index in [4.69, 9.17) is 4.74 Å². The Morgan fingerprint density at radius 2 is 1.81 bits per heavy atom. The third-order valence-corrected chi connectivity index (χ3v) is 8.19. The number of fused-ring (bicyclic) bond motifs is 2. The Labute approximate surface area is 187 Å². The second-order valence-electron chi connectivity index (χ2n) is 8.53. The molecule has 2 aliphatic rings. The fraction of sp³-hybridized carbons (Fsp3) is 0.333. The average Bonchev–Trinajstić information content (AvgIpc) is 2.78. The van der Waals surface area contributed by atoms with Crippen molar-refractivity contribution in [2.75, 3.05) is 18.0 Å². The molecule has 166 valence electrons. The predicted molar refractivity (Wildman–Crippen MR) is 122 cm³/mol. The van der Waals surface area contributed by atoms with E-state index in [2.05, 4.69) is 4.98 Å². The van der Waals surface area contributed by atoms with Gasteiger partial charge in [-0.2, -0.15) is 4.31 Å². The standard InChI is InChI=1S/C24H25N3O4S/c1-16-6-7-21-19(12-16)15-31-24(28)27(21)20-8-10-26(11-9-20)32(29,30)22-5-3-4-18-13-17(2)14-25-23(18)22/h3-7,12-14,20H,8-11,15H2,1-2H3. The number of anilines is 1. The number of hydrogen-bond acceptors (Lipinski definition) is 5. The lowest BCUT2D eigenvalue weighted by molar-refractivity contribution is 0.135. The number of hydrogen-bond donors (Lipinski definition) is 0. The van der Waals surface area contributed by atoms with E-state index < -0.39 is 10.0 Å². The topological polar surface area (TPSA) is 79.8 Å². The number of pyridine rings is 1. The zero-order chi connectivity index (χ0) is 22.5. The molecule has 8 heteroatoms. The van der Waals surface area contributed by atoms with Gasteiger partial charge in [0.15, 0.2) is 0 Å². The van der Waals surface area contributed by atoms with Crippen molar-refractivity contribution in [2.24, 2.45) is 0 Å². The molecule has 0 radical (unpaired) electrons. The molecule has 3 aromatic rings. The molecule has 0 unspecified atom stereocenters. The van der Waals surface area contributed by atoms with E-state index in [1.54, 1.807) is 23.2 Å². The van der Waals surface area contributed by atoms with E-state index in [9.17, 15) is 13.2 Å². The Kier molecular flexibility index (Phi) is 5.14. The minimum absolute atomic E-state index is 0.107. The number of aryl methyl sites for hydroxylation is 2. The molecule has 3 heterocycles. The summed E-state index contributed by atoms with van der Waals surface area (Å²) < 4.78 is 33.8.